The van der Waals surface area contributed by atoms with Gasteiger partial charge < -0.3 is 0 Å². The predicted molar refractivity (Wildman–Crippen MR) is 236 cm³/mol. The minimum Gasteiger partial charge on any atom is -0.0654 e. The summed E-state index contributed by atoms with van der Waals surface area (Å²) < 4.78 is 18.8. The van der Waals surface area contributed by atoms with Gasteiger partial charge in [0, 0.05) is 0 Å². The molecule has 0 unspecified atom stereocenters. The first-order valence-corrected chi connectivity index (χ1v) is 30.1. The van der Waals surface area contributed by atoms with E-state index in [1.165, 1.54) is 154 Å². The summed E-state index contributed by atoms with van der Waals surface area (Å²) >= 11 is -4.87. The molecule has 55 heavy (non-hydrogen) atoms. The molecule has 0 aromatic carbocycles. The second-order valence-corrected chi connectivity index (χ2v) is 23.8. The summed E-state index contributed by atoms with van der Waals surface area (Å²) in [4.78, 5) is 40.0. The Morgan fingerprint density at radius 3 is 0.673 bits per heavy atom. The maximum absolute atomic E-state index is 13.3. The van der Waals surface area contributed by atoms with Crippen LogP contribution < -0.4 is 0 Å². The van der Waals surface area contributed by atoms with Crippen molar-refractivity contribution in [3.05, 3.63) is 0 Å². The summed E-state index contributed by atoms with van der Waals surface area (Å²) in [5, 5.41) is 0. The summed E-state index contributed by atoms with van der Waals surface area (Å²) in [7, 11) is 0. The van der Waals surface area contributed by atoms with E-state index in [1.807, 2.05) is 0 Å². The molecule has 0 radical (unpaired) electrons. The summed E-state index contributed by atoms with van der Waals surface area (Å²) in [5.41, 5.74) is 0. The van der Waals surface area contributed by atoms with E-state index < -0.39 is 19.6 Å². The fraction of sp³-hybridized carbons (Fsp3) is 0.938. The van der Waals surface area contributed by atoms with Crippen molar-refractivity contribution < 1.29 is 23.6 Å². The molecule has 0 rings (SSSR count). The third-order valence-electron chi connectivity index (χ3n) is 11.1. The molecule has 7 heteroatoms. The van der Waals surface area contributed by atoms with Crippen molar-refractivity contribution >= 4 is 37.5 Å². The molecule has 0 amide bonds. The topological polar surface area (TPSA) is 78.9 Å². The normalized spacial score (nSPS) is 11.6. The number of carbonyl (C=O) groups is 3. The van der Waals surface area contributed by atoms with Crippen LogP contribution in [0.2, 0.25) is 4.44 Å². The van der Waals surface area contributed by atoms with Crippen molar-refractivity contribution in [3.8, 4) is 0 Å². The molecule has 6 nitrogen and oxygen atoms in total. The van der Waals surface area contributed by atoms with Crippen LogP contribution in [-0.4, -0.2) is 37.5 Å². The third kappa shape index (κ3) is 38.5. The molecule has 0 fully saturated rings. The Labute approximate surface area is 348 Å². The third-order valence-corrected chi connectivity index (χ3v) is 18.5. The second-order valence-electron chi connectivity index (χ2n) is 16.8. The molecule has 0 N–H and O–H groups in total. The van der Waals surface area contributed by atoms with Crippen molar-refractivity contribution in [2.75, 3.05) is 0 Å². The van der Waals surface area contributed by atoms with Crippen LogP contribution >= 0.6 is 0 Å². The van der Waals surface area contributed by atoms with Gasteiger partial charge in [0.15, 0.2) is 0 Å². The summed E-state index contributed by atoms with van der Waals surface area (Å²) in [6, 6.07) is 0. The molecule has 0 bridgehead atoms. The predicted octanol–water partition coefficient (Wildman–Crippen LogP) is 16.2. The molecule has 0 aliphatic rings. The summed E-state index contributed by atoms with van der Waals surface area (Å²) in [6.45, 7) is 8.93. The van der Waals surface area contributed by atoms with Gasteiger partial charge in [-0.15, -0.1) is 0 Å². The standard InChI is InChI=1S/3C14H28O2.C6H13.Sn/c3*1-2-3-4-5-6-7-8-9-10-11-12-13-14(15)16;1-3-5-6-4-2;/h3*2-13H2,1H3,(H,15,16);1,3-6H2,2H3;/q;;;;+3/p-3. The average molecular weight is 886 g/mol. The van der Waals surface area contributed by atoms with Crippen LogP contribution in [0.3, 0.4) is 0 Å². The Morgan fingerprint density at radius 2 is 0.455 bits per heavy atom. The van der Waals surface area contributed by atoms with E-state index in [-0.39, 0.29) is 37.2 Å². The molecular weight excluding hydrogens is 791 g/mol. The van der Waals surface area contributed by atoms with E-state index in [2.05, 4.69) is 27.7 Å². The quantitative estimate of drug-likeness (QED) is 0.0448. The molecule has 0 aliphatic heterocycles. The van der Waals surface area contributed by atoms with Gasteiger partial charge in [0.05, 0.1) is 0 Å². The van der Waals surface area contributed by atoms with Crippen LogP contribution in [0.1, 0.15) is 285 Å². The number of unbranched alkanes of at least 4 members (excludes halogenated alkanes) is 33. The van der Waals surface area contributed by atoms with Gasteiger partial charge in [-0.2, -0.15) is 0 Å². The number of hydrogen-bond donors (Lipinski definition) is 0. The zero-order valence-electron chi connectivity index (χ0n) is 37.4. The Hall–Kier alpha value is -0.791. The Morgan fingerprint density at radius 1 is 0.273 bits per heavy atom. The van der Waals surface area contributed by atoms with E-state index in [1.54, 1.807) is 0 Å². The van der Waals surface area contributed by atoms with Gasteiger partial charge >= 0.3 is 291 Å². The fourth-order valence-electron chi connectivity index (χ4n) is 7.46. The minimum atomic E-state index is -4.87. The summed E-state index contributed by atoms with van der Waals surface area (Å²) in [5.74, 6) is -1.06. The van der Waals surface area contributed by atoms with E-state index in [4.69, 9.17) is 9.22 Å². The van der Waals surface area contributed by atoms with Crippen molar-refractivity contribution in [1.82, 2.24) is 0 Å². The van der Waals surface area contributed by atoms with E-state index >= 15 is 0 Å². The SMILES string of the molecule is CCCCCCCCCCCCCC(=O)[O][Sn]([CH2]CCCCC)([O]C(=O)CCCCCCCCCCCCC)[O]C(=O)CCCCCCCCCCCCC. The first kappa shape index (κ1) is 54.2. The minimum absolute atomic E-state index is 0.289. The summed E-state index contributed by atoms with van der Waals surface area (Å²) in [6.07, 6.45) is 44.6. The molecule has 326 valence electrons. The molecule has 0 aliphatic carbocycles. The molecule has 0 heterocycles. The van der Waals surface area contributed by atoms with Crippen LogP contribution in [0, 0.1) is 0 Å². The van der Waals surface area contributed by atoms with Gasteiger partial charge in [-0.05, 0) is 0 Å². The van der Waals surface area contributed by atoms with Crippen LogP contribution in [-0.2, 0) is 23.6 Å². The second kappa shape index (κ2) is 42.8. The number of carbonyl (C=O) groups excluding carboxylic acids is 3. The Bertz CT molecular complexity index is 750. The molecule has 0 aromatic rings. The van der Waals surface area contributed by atoms with Crippen LogP contribution in [0.25, 0.3) is 0 Å². The van der Waals surface area contributed by atoms with E-state index in [0.717, 1.165) is 83.5 Å². The molecular formula is C48H94O6Sn. The van der Waals surface area contributed by atoms with Gasteiger partial charge in [-0.25, -0.2) is 0 Å². The van der Waals surface area contributed by atoms with Crippen molar-refractivity contribution in [2.24, 2.45) is 0 Å². The van der Waals surface area contributed by atoms with E-state index in [0.29, 0.717) is 4.44 Å². The molecule has 0 spiro atoms. The number of rotatable bonds is 44. The first-order valence-electron chi connectivity index (χ1n) is 24.6. The molecule has 0 saturated carbocycles. The maximum atomic E-state index is 13.3. The van der Waals surface area contributed by atoms with Crippen molar-refractivity contribution in [1.29, 1.82) is 0 Å². The van der Waals surface area contributed by atoms with Crippen molar-refractivity contribution in [3.63, 3.8) is 0 Å². The fourth-order valence-corrected chi connectivity index (χ4v) is 14.5. The van der Waals surface area contributed by atoms with Gasteiger partial charge in [-0.3, -0.25) is 0 Å². The monoisotopic (exact) mass is 887 g/mol. The van der Waals surface area contributed by atoms with Crippen LogP contribution in [0.15, 0.2) is 0 Å². The van der Waals surface area contributed by atoms with Crippen LogP contribution in [0.5, 0.6) is 0 Å². The van der Waals surface area contributed by atoms with Gasteiger partial charge in [0.1, 0.15) is 0 Å². The molecule has 0 atom stereocenters. The smallest absolute Gasteiger partial charge is 0.0654 e. The Balaban J connectivity index is 5.07. The Kier molecular flexibility index (Phi) is 42.2. The number of hydrogen-bond acceptors (Lipinski definition) is 6. The van der Waals surface area contributed by atoms with Crippen molar-refractivity contribution in [2.45, 2.75) is 289 Å². The van der Waals surface area contributed by atoms with Crippen LogP contribution in [0.4, 0.5) is 0 Å². The van der Waals surface area contributed by atoms with Gasteiger partial charge in [-0.1, -0.05) is 59.3 Å². The van der Waals surface area contributed by atoms with Gasteiger partial charge in [0.2, 0.25) is 0 Å². The molecule has 0 aromatic heterocycles. The van der Waals surface area contributed by atoms with E-state index in [9.17, 15) is 14.4 Å². The zero-order chi connectivity index (χ0) is 40.3. The zero-order valence-corrected chi connectivity index (χ0v) is 40.3. The first-order chi connectivity index (χ1) is 26.9. The van der Waals surface area contributed by atoms with Gasteiger partial charge in [0.25, 0.3) is 0 Å². The molecule has 0 saturated heterocycles. The average Bonchev–Trinajstić information content (AvgIpc) is 3.16.